The molecule has 0 spiro atoms. The van der Waals surface area contributed by atoms with Gasteiger partial charge >= 0.3 is 0 Å². The Morgan fingerprint density at radius 1 is 0.900 bits per heavy atom. The van der Waals surface area contributed by atoms with Crippen LogP contribution < -0.4 is 4.72 Å². The molecule has 11 heteroatoms. The molecule has 2 aromatic carbocycles. The molecule has 2 amide bonds. The molecule has 2 aromatic rings. The van der Waals surface area contributed by atoms with E-state index in [1.165, 1.54) is 41.1 Å². The Hall–Kier alpha value is -2.20. The second-order valence-corrected chi connectivity index (χ2v) is 9.26. The van der Waals surface area contributed by atoms with Gasteiger partial charge in [0.15, 0.2) is 0 Å². The number of rotatable bonds is 4. The Balaban J connectivity index is 1.73. The molecule has 1 heterocycles. The molecule has 1 aliphatic heterocycles. The second kappa shape index (κ2) is 8.89. The summed E-state index contributed by atoms with van der Waals surface area (Å²) >= 11 is 12.1. The number of carbonyl (C=O) groups is 2. The molecule has 1 saturated heterocycles. The normalized spacial score (nSPS) is 14.7. The van der Waals surface area contributed by atoms with Gasteiger partial charge in [-0.05, 0) is 43.4 Å². The predicted octanol–water partition coefficient (Wildman–Crippen LogP) is 2.64. The molecular formula is C19H18Cl2FN3O4S. The Morgan fingerprint density at radius 2 is 1.47 bits per heavy atom. The summed E-state index contributed by atoms with van der Waals surface area (Å²) in [5, 5.41) is 0.152. The molecule has 1 N–H and O–H groups in total. The van der Waals surface area contributed by atoms with E-state index < -0.39 is 21.7 Å². The van der Waals surface area contributed by atoms with E-state index in [0.29, 0.717) is 0 Å². The molecule has 0 radical (unpaired) electrons. The van der Waals surface area contributed by atoms with Crippen LogP contribution >= 0.6 is 23.2 Å². The molecule has 0 saturated carbocycles. The SMILES string of the molecule is CNS(=O)(=O)c1ccc(Cl)c(C(=O)N2CCN(C(=O)c3ccc(F)cc3Cl)CC2)c1. The standard InChI is InChI=1S/C19H18Cl2FN3O4S/c1-23-30(28,29)13-3-5-16(20)15(11-13)19(27)25-8-6-24(7-9-25)18(26)14-4-2-12(22)10-17(14)21/h2-5,10-11,23H,6-9H2,1H3. The van der Waals surface area contributed by atoms with Crippen LogP contribution in [0.4, 0.5) is 4.39 Å². The summed E-state index contributed by atoms with van der Waals surface area (Å²) in [6.45, 7) is 0.931. The molecule has 0 unspecified atom stereocenters. The average Bonchev–Trinajstić information content (AvgIpc) is 2.73. The number of nitrogens with zero attached hydrogens (tertiary/aromatic N) is 2. The van der Waals surface area contributed by atoms with Crippen LogP contribution in [0.3, 0.4) is 0 Å². The second-order valence-electron chi connectivity index (χ2n) is 6.56. The van der Waals surface area contributed by atoms with Crippen molar-refractivity contribution in [2.24, 2.45) is 0 Å². The van der Waals surface area contributed by atoms with Gasteiger partial charge in [-0.15, -0.1) is 0 Å². The Kier molecular flexibility index (Phi) is 6.66. The molecule has 3 rings (SSSR count). The van der Waals surface area contributed by atoms with Gasteiger partial charge < -0.3 is 9.80 Å². The largest absolute Gasteiger partial charge is 0.335 e. The lowest BCUT2D eigenvalue weighted by atomic mass is 10.1. The summed E-state index contributed by atoms with van der Waals surface area (Å²) in [6.07, 6.45) is 0. The van der Waals surface area contributed by atoms with Gasteiger partial charge in [0.25, 0.3) is 11.8 Å². The van der Waals surface area contributed by atoms with Crippen molar-refractivity contribution >= 4 is 45.0 Å². The van der Waals surface area contributed by atoms with E-state index in [2.05, 4.69) is 4.72 Å². The van der Waals surface area contributed by atoms with E-state index in [1.54, 1.807) is 0 Å². The minimum Gasteiger partial charge on any atom is -0.335 e. The minimum absolute atomic E-state index is 0.0212. The van der Waals surface area contributed by atoms with Gasteiger partial charge in [0.1, 0.15) is 5.82 Å². The molecule has 0 aromatic heterocycles. The highest BCUT2D eigenvalue weighted by molar-refractivity contribution is 7.89. The average molecular weight is 474 g/mol. The van der Waals surface area contributed by atoms with Crippen molar-refractivity contribution < 1.29 is 22.4 Å². The van der Waals surface area contributed by atoms with Crippen molar-refractivity contribution in [3.63, 3.8) is 0 Å². The summed E-state index contributed by atoms with van der Waals surface area (Å²) in [7, 11) is -2.46. The zero-order valence-electron chi connectivity index (χ0n) is 15.9. The molecule has 0 aliphatic carbocycles. The van der Waals surface area contributed by atoms with Crippen LogP contribution in [0.5, 0.6) is 0 Å². The number of piperazine rings is 1. The number of amides is 2. The molecule has 1 aliphatic rings. The summed E-state index contributed by atoms with van der Waals surface area (Å²) in [5.74, 6) is -1.32. The van der Waals surface area contributed by atoms with Crippen LogP contribution in [0.2, 0.25) is 10.0 Å². The third-order valence-electron chi connectivity index (χ3n) is 4.76. The maximum Gasteiger partial charge on any atom is 0.255 e. The van der Waals surface area contributed by atoms with Gasteiger partial charge in [-0.1, -0.05) is 23.2 Å². The fourth-order valence-corrected chi connectivity index (χ4v) is 4.27. The summed E-state index contributed by atoms with van der Waals surface area (Å²) in [6, 6.07) is 7.45. The summed E-state index contributed by atoms with van der Waals surface area (Å²) in [5.41, 5.74) is 0.250. The van der Waals surface area contributed by atoms with Crippen molar-refractivity contribution in [3.8, 4) is 0 Å². The van der Waals surface area contributed by atoms with E-state index in [0.717, 1.165) is 12.1 Å². The highest BCUT2D eigenvalue weighted by atomic mass is 35.5. The first kappa shape index (κ1) is 22.5. The predicted molar refractivity (Wildman–Crippen MR) is 111 cm³/mol. The lowest BCUT2D eigenvalue weighted by molar-refractivity contribution is 0.0535. The van der Waals surface area contributed by atoms with E-state index in [9.17, 15) is 22.4 Å². The van der Waals surface area contributed by atoms with E-state index in [-0.39, 0.29) is 58.2 Å². The van der Waals surface area contributed by atoms with Crippen molar-refractivity contribution in [2.75, 3.05) is 33.2 Å². The third-order valence-corrected chi connectivity index (χ3v) is 6.82. The Labute approximate surface area is 183 Å². The van der Waals surface area contributed by atoms with Crippen LogP contribution in [-0.4, -0.2) is 63.3 Å². The molecule has 30 heavy (non-hydrogen) atoms. The van der Waals surface area contributed by atoms with E-state index in [1.807, 2.05) is 0 Å². The fourth-order valence-electron chi connectivity index (χ4n) is 3.07. The van der Waals surface area contributed by atoms with Gasteiger partial charge in [-0.25, -0.2) is 17.5 Å². The van der Waals surface area contributed by atoms with Crippen LogP contribution in [0.1, 0.15) is 20.7 Å². The lowest BCUT2D eigenvalue weighted by Gasteiger charge is -2.35. The number of hydrogen-bond acceptors (Lipinski definition) is 4. The zero-order chi connectivity index (χ0) is 22.1. The zero-order valence-corrected chi connectivity index (χ0v) is 18.2. The van der Waals surface area contributed by atoms with E-state index >= 15 is 0 Å². The first-order valence-corrected chi connectivity index (χ1v) is 11.1. The molecule has 1 fully saturated rings. The smallest absolute Gasteiger partial charge is 0.255 e. The highest BCUT2D eigenvalue weighted by Gasteiger charge is 2.28. The number of nitrogens with one attached hydrogen (secondary N) is 1. The Morgan fingerprint density at radius 3 is 2.00 bits per heavy atom. The molecular weight excluding hydrogens is 456 g/mol. The van der Waals surface area contributed by atoms with Crippen LogP contribution in [0.25, 0.3) is 0 Å². The number of sulfonamides is 1. The monoisotopic (exact) mass is 473 g/mol. The first-order chi connectivity index (χ1) is 14.1. The number of carbonyl (C=O) groups excluding carboxylic acids is 2. The van der Waals surface area contributed by atoms with Gasteiger partial charge in [0, 0.05) is 26.2 Å². The molecule has 7 nitrogen and oxygen atoms in total. The minimum atomic E-state index is -3.73. The lowest BCUT2D eigenvalue weighted by Crippen LogP contribution is -2.50. The van der Waals surface area contributed by atoms with Crippen LogP contribution in [0.15, 0.2) is 41.3 Å². The van der Waals surface area contributed by atoms with Crippen LogP contribution in [0, 0.1) is 5.82 Å². The van der Waals surface area contributed by atoms with Gasteiger partial charge in [0.2, 0.25) is 10.0 Å². The maximum atomic E-state index is 13.2. The highest BCUT2D eigenvalue weighted by Crippen LogP contribution is 2.24. The maximum absolute atomic E-state index is 13.2. The first-order valence-electron chi connectivity index (χ1n) is 8.90. The summed E-state index contributed by atoms with van der Waals surface area (Å²) < 4.78 is 39.4. The van der Waals surface area contributed by atoms with Gasteiger partial charge in [0.05, 0.1) is 26.1 Å². The fraction of sp³-hybridized carbons (Fsp3) is 0.263. The Bertz CT molecular complexity index is 1100. The van der Waals surface area contributed by atoms with Crippen molar-refractivity contribution in [1.29, 1.82) is 0 Å². The number of halogens is 3. The summed E-state index contributed by atoms with van der Waals surface area (Å²) in [4.78, 5) is 28.5. The number of hydrogen-bond donors (Lipinski definition) is 1. The third kappa shape index (κ3) is 4.59. The topological polar surface area (TPSA) is 86.8 Å². The van der Waals surface area contributed by atoms with Crippen LogP contribution in [-0.2, 0) is 10.0 Å². The van der Waals surface area contributed by atoms with Crippen molar-refractivity contribution in [1.82, 2.24) is 14.5 Å². The van der Waals surface area contributed by atoms with Gasteiger partial charge in [-0.2, -0.15) is 0 Å². The van der Waals surface area contributed by atoms with Crippen molar-refractivity contribution in [2.45, 2.75) is 4.90 Å². The van der Waals surface area contributed by atoms with E-state index in [4.69, 9.17) is 23.2 Å². The molecule has 0 bridgehead atoms. The molecule has 160 valence electrons. The van der Waals surface area contributed by atoms with Gasteiger partial charge in [-0.3, -0.25) is 9.59 Å². The quantitative estimate of drug-likeness (QED) is 0.739. The van der Waals surface area contributed by atoms with Crippen molar-refractivity contribution in [3.05, 3.63) is 63.4 Å². The number of benzene rings is 2. The molecule has 0 atom stereocenters.